The average molecular weight is 297 g/mol. The Labute approximate surface area is 132 Å². The van der Waals surface area contributed by atoms with E-state index in [0.29, 0.717) is 18.0 Å². The van der Waals surface area contributed by atoms with E-state index < -0.39 is 5.54 Å². The lowest BCUT2D eigenvalue weighted by Crippen LogP contribution is -2.51. The number of rotatable bonds is 10. The molecule has 0 radical (unpaired) electrons. The molecule has 0 heterocycles. The summed E-state index contributed by atoms with van der Waals surface area (Å²) in [5.74, 6) is 0.640. The molecular formula is C17H36N4. The van der Waals surface area contributed by atoms with Crippen LogP contribution in [0.15, 0.2) is 0 Å². The van der Waals surface area contributed by atoms with Crippen molar-refractivity contribution in [3.8, 4) is 6.07 Å². The number of nitrogens with one attached hydrogen (secondary N) is 1. The highest BCUT2D eigenvalue weighted by atomic mass is 15.2. The van der Waals surface area contributed by atoms with Crippen LogP contribution in [0, 0.1) is 17.2 Å². The van der Waals surface area contributed by atoms with Crippen LogP contribution in [0.4, 0.5) is 0 Å². The first-order valence-corrected chi connectivity index (χ1v) is 8.17. The smallest absolute Gasteiger partial charge is 0.105 e. The summed E-state index contributed by atoms with van der Waals surface area (Å²) < 4.78 is 0. The van der Waals surface area contributed by atoms with Gasteiger partial charge >= 0.3 is 0 Å². The third kappa shape index (κ3) is 9.08. The molecule has 21 heavy (non-hydrogen) atoms. The molecule has 0 aliphatic carbocycles. The van der Waals surface area contributed by atoms with Crippen LogP contribution < -0.4 is 5.32 Å². The van der Waals surface area contributed by atoms with Gasteiger partial charge < -0.3 is 4.90 Å². The summed E-state index contributed by atoms with van der Waals surface area (Å²) in [6.07, 6.45) is 0.849. The lowest BCUT2D eigenvalue weighted by Gasteiger charge is -2.36. The first-order valence-electron chi connectivity index (χ1n) is 8.17. The van der Waals surface area contributed by atoms with Gasteiger partial charge in [0.15, 0.2) is 0 Å². The minimum absolute atomic E-state index is 0.321. The van der Waals surface area contributed by atoms with Gasteiger partial charge in [0.25, 0.3) is 0 Å². The Hall–Kier alpha value is -0.630. The molecule has 0 saturated heterocycles. The van der Waals surface area contributed by atoms with Crippen molar-refractivity contribution >= 4 is 0 Å². The van der Waals surface area contributed by atoms with E-state index >= 15 is 0 Å². The van der Waals surface area contributed by atoms with E-state index in [4.69, 9.17) is 0 Å². The van der Waals surface area contributed by atoms with Gasteiger partial charge in [-0.25, -0.2) is 0 Å². The van der Waals surface area contributed by atoms with E-state index in [1.807, 2.05) is 6.92 Å². The maximum Gasteiger partial charge on any atom is 0.105 e. The monoisotopic (exact) mass is 296 g/mol. The molecule has 0 amide bonds. The molecule has 0 saturated carbocycles. The van der Waals surface area contributed by atoms with Gasteiger partial charge in [-0.3, -0.25) is 10.2 Å². The van der Waals surface area contributed by atoms with Crippen LogP contribution in [0.3, 0.4) is 0 Å². The van der Waals surface area contributed by atoms with E-state index in [1.165, 1.54) is 0 Å². The van der Waals surface area contributed by atoms with Crippen molar-refractivity contribution in [1.82, 2.24) is 15.1 Å². The summed E-state index contributed by atoms with van der Waals surface area (Å²) in [6.45, 7) is 16.1. The first-order chi connectivity index (χ1) is 9.59. The second-order valence-corrected chi connectivity index (χ2v) is 7.49. The maximum atomic E-state index is 9.53. The fourth-order valence-electron chi connectivity index (χ4n) is 2.78. The summed E-state index contributed by atoms with van der Waals surface area (Å²) in [4.78, 5) is 4.73. The van der Waals surface area contributed by atoms with E-state index in [2.05, 4.69) is 69.9 Å². The van der Waals surface area contributed by atoms with Crippen LogP contribution in [-0.4, -0.2) is 61.2 Å². The molecule has 2 atom stereocenters. The number of likely N-dealkylation sites (N-methyl/N-ethyl adjacent to an activating group) is 1. The van der Waals surface area contributed by atoms with Crippen molar-refractivity contribution in [2.75, 3.05) is 33.7 Å². The topological polar surface area (TPSA) is 42.3 Å². The Bertz CT molecular complexity index is 319. The molecule has 0 bridgehead atoms. The average Bonchev–Trinajstić information content (AvgIpc) is 2.32. The summed E-state index contributed by atoms with van der Waals surface area (Å²) in [5, 5.41) is 12.9. The van der Waals surface area contributed by atoms with Crippen LogP contribution in [0.2, 0.25) is 0 Å². The maximum absolute atomic E-state index is 9.53. The van der Waals surface area contributed by atoms with E-state index in [9.17, 15) is 5.26 Å². The zero-order chi connectivity index (χ0) is 16.6. The molecular weight excluding hydrogens is 260 g/mol. The van der Waals surface area contributed by atoms with E-state index in [1.54, 1.807) is 0 Å². The highest BCUT2D eigenvalue weighted by molar-refractivity contribution is 5.06. The van der Waals surface area contributed by atoms with Crippen LogP contribution in [0.5, 0.6) is 0 Å². The third-order valence-corrected chi connectivity index (χ3v) is 3.62. The van der Waals surface area contributed by atoms with E-state index in [-0.39, 0.29) is 0 Å². The van der Waals surface area contributed by atoms with E-state index in [0.717, 1.165) is 26.1 Å². The highest BCUT2D eigenvalue weighted by Crippen LogP contribution is 2.18. The predicted octanol–water partition coefficient (Wildman–Crippen LogP) is 2.56. The minimum Gasteiger partial charge on any atom is -0.308 e. The van der Waals surface area contributed by atoms with Gasteiger partial charge in [0.05, 0.1) is 6.07 Å². The van der Waals surface area contributed by atoms with Crippen LogP contribution in [0.1, 0.15) is 48.0 Å². The van der Waals surface area contributed by atoms with Gasteiger partial charge in [-0.15, -0.1) is 0 Å². The lowest BCUT2D eigenvalue weighted by atomic mass is 9.93. The van der Waals surface area contributed by atoms with Crippen molar-refractivity contribution in [2.24, 2.45) is 5.92 Å². The largest absolute Gasteiger partial charge is 0.308 e. The van der Waals surface area contributed by atoms with Crippen LogP contribution in [-0.2, 0) is 0 Å². The van der Waals surface area contributed by atoms with Gasteiger partial charge in [-0.1, -0.05) is 13.8 Å². The molecule has 0 aromatic carbocycles. The van der Waals surface area contributed by atoms with Crippen molar-refractivity contribution in [1.29, 1.82) is 5.26 Å². The Morgan fingerprint density at radius 2 is 1.67 bits per heavy atom. The molecule has 4 nitrogen and oxygen atoms in total. The summed E-state index contributed by atoms with van der Waals surface area (Å²) in [6, 6.07) is 3.18. The second kappa shape index (κ2) is 9.40. The minimum atomic E-state index is -0.457. The summed E-state index contributed by atoms with van der Waals surface area (Å²) in [7, 11) is 4.22. The predicted molar refractivity (Wildman–Crippen MR) is 91.3 cm³/mol. The number of nitriles is 1. The van der Waals surface area contributed by atoms with Gasteiger partial charge in [0.1, 0.15) is 5.54 Å². The Balaban J connectivity index is 4.77. The molecule has 0 fully saturated rings. The molecule has 2 unspecified atom stereocenters. The SMILES string of the molecule is CC(C)CN(CCN(C)C)C(C)CC(C)(C#N)NC(C)C. The molecule has 0 spiro atoms. The van der Waals surface area contributed by atoms with Gasteiger partial charge in [-0.05, 0) is 54.1 Å². The van der Waals surface area contributed by atoms with Crippen LogP contribution in [0.25, 0.3) is 0 Å². The first kappa shape index (κ1) is 20.4. The van der Waals surface area contributed by atoms with Crippen molar-refractivity contribution in [2.45, 2.75) is 65.6 Å². The summed E-state index contributed by atoms with van der Waals surface area (Å²) in [5.41, 5.74) is -0.457. The van der Waals surface area contributed by atoms with Crippen molar-refractivity contribution < 1.29 is 0 Å². The Morgan fingerprint density at radius 3 is 2.05 bits per heavy atom. The van der Waals surface area contributed by atoms with Crippen LogP contribution >= 0.6 is 0 Å². The second-order valence-electron chi connectivity index (χ2n) is 7.49. The highest BCUT2D eigenvalue weighted by Gasteiger charge is 2.29. The molecule has 4 heteroatoms. The fraction of sp³-hybridized carbons (Fsp3) is 0.941. The van der Waals surface area contributed by atoms with Crippen molar-refractivity contribution in [3.63, 3.8) is 0 Å². The van der Waals surface area contributed by atoms with Gasteiger partial charge in [0, 0.05) is 31.7 Å². The third-order valence-electron chi connectivity index (χ3n) is 3.62. The molecule has 0 aromatic rings. The Kier molecular flexibility index (Phi) is 9.12. The summed E-state index contributed by atoms with van der Waals surface area (Å²) >= 11 is 0. The number of nitrogens with zero attached hydrogens (tertiary/aromatic N) is 3. The fourth-order valence-corrected chi connectivity index (χ4v) is 2.78. The number of hydrogen-bond acceptors (Lipinski definition) is 4. The quantitative estimate of drug-likeness (QED) is 0.673. The van der Waals surface area contributed by atoms with Crippen molar-refractivity contribution in [3.05, 3.63) is 0 Å². The molecule has 1 N–H and O–H groups in total. The normalized spacial score (nSPS) is 16.5. The molecule has 0 rings (SSSR count). The molecule has 0 aliphatic heterocycles. The zero-order valence-electron chi connectivity index (χ0n) is 15.4. The molecule has 0 aromatic heterocycles. The standard InChI is InChI=1S/C17H36N4/c1-14(2)12-21(10-9-20(7)8)16(5)11-17(6,13-18)19-15(3)4/h14-16,19H,9-12H2,1-8H3. The van der Waals surface area contributed by atoms with Gasteiger partial charge in [-0.2, -0.15) is 5.26 Å². The lowest BCUT2D eigenvalue weighted by molar-refractivity contribution is 0.144. The Morgan fingerprint density at radius 1 is 1.10 bits per heavy atom. The molecule has 0 aliphatic rings. The number of hydrogen-bond donors (Lipinski definition) is 1. The molecule has 124 valence electrons. The van der Waals surface area contributed by atoms with Gasteiger partial charge in [0.2, 0.25) is 0 Å². The zero-order valence-corrected chi connectivity index (χ0v) is 15.4.